The van der Waals surface area contributed by atoms with Crippen molar-refractivity contribution in [1.82, 2.24) is 4.90 Å². The molecular formula is C18H24N2O3. The fraction of sp³-hybridized carbons (Fsp3) is 0.556. The van der Waals surface area contributed by atoms with Crippen LogP contribution in [-0.2, 0) is 16.1 Å². The number of fused-ring (bicyclic) bond motifs is 1. The summed E-state index contributed by atoms with van der Waals surface area (Å²) in [5.74, 6) is 1.56. The van der Waals surface area contributed by atoms with Gasteiger partial charge in [0.2, 0.25) is 11.8 Å². The van der Waals surface area contributed by atoms with Crippen LogP contribution in [0.3, 0.4) is 0 Å². The fourth-order valence-corrected chi connectivity index (χ4v) is 2.75. The monoisotopic (exact) mass is 316 g/mol. The molecule has 0 radical (unpaired) electrons. The summed E-state index contributed by atoms with van der Waals surface area (Å²) >= 11 is 0. The molecule has 5 nitrogen and oxygen atoms in total. The topological polar surface area (TPSA) is 58.6 Å². The average Bonchev–Trinajstić information content (AvgIpc) is 3.32. The van der Waals surface area contributed by atoms with Gasteiger partial charge < -0.3 is 15.0 Å². The zero-order chi connectivity index (χ0) is 16.4. The molecule has 1 fully saturated rings. The van der Waals surface area contributed by atoms with Gasteiger partial charge in [0.25, 0.3) is 0 Å². The van der Waals surface area contributed by atoms with Crippen LogP contribution in [0.4, 0.5) is 5.69 Å². The van der Waals surface area contributed by atoms with E-state index in [1.807, 2.05) is 36.9 Å². The predicted molar refractivity (Wildman–Crippen MR) is 88.2 cm³/mol. The van der Waals surface area contributed by atoms with Crippen molar-refractivity contribution in [3.8, 4) is 5.75 Å². The summed E-state index contributed by atoms with van der Waals surface area (Å²) in [7, 11) is 0. The largest absolute Gasteiger partial charge is 0.491 e. The van der Waals surface area contributed by atoms with Crippen LogP contribution in [0, 0.1) is 11.8 Å². The number of anilines is 1. The number of nitrogens with one attached hydrogen (secondary N) is 1. The van der Waals surface area contributed by atoms with E-state index in [1.165, 1.54) is 0 Å². The number of ether oxygens (including phenoxy) is 1. The number of rotatable bonds is 4. The second-order valence-electron chi connectivity index (χ2n) is 6.85. The Kier molecular flexibility index (Phi) is 4.55. The van der Waals surface area contributed by atoms with Gasteiger partial charge in [0, 0.05) is 30.1 Å². The Morgan fingerprint density at radius 3 is 2.83 bits per heavy atom. The molecule has 0 bridgehead atoms. The van der Waals surface area contributed by atoms with E-state index in [-0.39, 0.29) is 17.7 Å². The van der Waals surface area contributed by atoms with Gasteiger partial charge >= 0.3 is 0 Å². The van der Waals surface area contributed by atoms with Crippen LogP contribution in [0.1, 0.15) is 38.7 Å². The molecule has 1 aliphatic carbocycles. The highest BCUT2D eigenvalue weighted by Gasteiger charge is 2.29. The van der Waals surface area contributed by atoms with Gasteiger partial charge in [-0.05, 0) is 37.0 Å². The third-order valence-electron chi connectivity index (χ3n) is 4.19. The molecule has 5 heteroatoms. The summed E-state index contributed by atoms with van der Waals surface area (Å²) in [6, 6.07) is 5.68. The summed E-state index contributed by atoms with van der Waals surface area (Å²) in [5, 5.41) is 2.95. The highest BCUT2D eigenvalue weighted by Crippen LogP contribution is 2.31. The van der Waals surface area contributed by atoms with Crippen molar-refractivity contribution in [2.75, 3.05) is 18.5 Å². The van der Waals surface area contributed by atoms with Crippen molar-refractivity contribution in [3.63, 3.8) is 0 Å². The number of nitrogens with zero attached hydrogens (tertiary/aromatic N) is 1. The van der Waals surface area contributed by atoms with Gasteiger partial charge in [0.1, 0.15) is 12.4 Å². The summed E-state index contributed by atoms with van der Waals surface area (Å²) in [6.07, 6.45) is 2.52. The van der Waals surface area contributed by atoms with Crippen molar-refractivity contribution in [3.05, 3.63) is 23.8 Å². The molecule has 1 heterocycles. The molecule has 1 saturated carbocycles. The molecule has 0 saturated heterocycles. The summed E-state index contributed by atoms with van der Waals surface area (Å²) in [5.41, 5.74) is 1.73. The lowest BCUT2D eigenvalue weighted by Gasteiger charge is -2.21. The molecule has 3 rings (SSSR count). The first-order valence-corrected chi connectivity index (χ1v) is 8.37. The molecule has 0 atom stereocenters. The predicted octanol–water partition coefficient (Wildman–Crippen LogP) is 2.80. The van der Waals surface area contributed by atoms with Crippen molar-refractivity contribution >= 4 is 17.5 Å². The van der Waals surface area contributed by atoms with Crippen molar-refractivity contribution in [1.29, 1.82) is 0 Å². The number of amides is 2. The molecule has 1 aromatic rings. The van der Waals surface area contributed by atoms with Gasteiger partial charge in [0.05, 0.1) is 6.54 Å². The maximum Gasteiger partial charge on any atom is 0.227 e. The Labute approximate surface area is 137 Å². The van der Waals surface area contributed by atoms with Crippen molar-refractivity contribution in [2.45, 2.75) is 39.7 Å². The van der Waals surface area contributed by atoms with E-state index >= 15 is 0 Å². The molecule has 0 spiro atoms. The molecule has 0 aromatic heterocycles. The third kappa shape index (κ3) is 4.03. The van der Waals surface area contributed by atoms with Crippen LogP contribution < -0.4 is 10.1 Å². The molecule has 1 aliphatic heterocycles. The second-order valence-corrected chi connectivity index (χ2v) is 6.85. The molecule has 124 valence electrons. The van der Waals surface area contributed by atoms with E-state index in [4.69, 9.17) is 4.74 Å². The molecule has 2 aliphatic rings. The molecule has 2 amide bonds. The Bertz CT molecular complexity index is 608. The average molecular weight is 316 g/mol. The number of hydrogen-bond acceptors (Lipinski definition) is 3. The van der Waals surface area contributed by atoms with Gasteiger partial charge in [-0.2, -0.15) is 0 Å². The third-order valence-corrected chi connectivity index (χ3v) is 4.19. The van der Waals surface area contributed by atoms with E-state index < -0.39 is 0 Å². The molecule has 1 N–H and O–H groups in total. The van der Waals surface area contributed by atoms with Crippen LogP contribution in [0.5, 0.6) is 5.75 Å². The van der Waals surface area contributed by atoms with Gasteiger partial charge in [-0.3, -0.25) is 9.59 Å². The lowest BCUT2D eigenvalue weighted by Crippen LogP contribution is -2.33. The van der Waals surface area contributed by atoms with Gasteiger partial charge in [-0.1, -0.05) is 13.8 Å². The lowest BCUT2D eigenvalue weighted by atomic mass is 10.1. The number of carbonyl (C=O) groups excluding carboxylic acids is 2. The maximum atomic E-state index is 12.3. The van der Waals surface area contributed by atoms with Crippen LogP contribution in [0.25, 0.3) is 0 Å². The SMILES string of the molecule is CC(C)CC(=O)N1CCOc2ccc(NC(=O)C3CC3)cc2C1. The molecule has 0 unspecified atom stereocenters. The lowest BCUT2D eigenvalue weighted by molar-refractivity contribution is -0.132. The minimum Gasteiger partial charge on any atom is -0.491 e. The number of hydrogen-bond donors (Lipinski definition) is 1. The summed E-state index contributed by atoms with van der Waals surface area (Å²) in [4.78, 5) is 26.1. The Balaban J connectivity index is 1.73. The van der Waals surface area contributed by atoms with Gasteiger partial charge in [-0.25, -0.2) is 0 Å². The molecule has 1 aromatic carbocycles. The van der Waals surface area contributed by atoms with E-state index in [1.54, 1.807) is 0 Å². The van der Waals surface area contributed by atoms with E-state index in [9.17, 15) is 9.59 Å². The first-order chi connectivity index (χ1) is 11.0. The maximum absolute atomic E-state index is 12.3. The zero-order valence-corrected chi connectivity index (χ0v) is 13.8. The van der Waals surface area contributed by atoms with Crippen molar-refractivity contribution < 1.29 is 14.3 Å². The minimum absolute atomic E-state index is 0.0900. The zero-order valence-electron chi connectivity index (χ0n) is 13.8. The fourth-order valence-electron chi connectivity index (χ4n) is 2.75. The highest BCUT2D eigenvalue weighted by atomic mass is 16.5. The molecular weight excluding hydrogens is 292 g/mol. The Morgan fingerprint density at radius 1 is 1.35 bits per heavy atom. The summed E-state index contributed by atoms with van der Waals surface area (Å²) in [6.45, 7) is 5.74. The number of carbonyl (C=O) groups is 2. The van der Waals surface area contributed by atoms with Crippen LogP contribution in [-0.4, -0.2) is 29.9 Å². The smallest absolute Gasteiger partial charge is 0.227 e. The second kappa shape index (κ2) is 6.60. The van der Waals surface area contributed by atoms with Crippen LogP contribution >= 0.6 is 0 Å². The van der Waals surface area contributed by atoms with E-state index in [0.29, 0.717) is 32.0 Å². The normalized spacial score (nSPS) is 17.3. The van der Waals surface area contributed by atoms with Gasteiger partial charge in [-0.15, -0.1) is 0 Å². The van der Waals surface area contributed by atoms with Gasteiger partial charge in [0.15, 0.2) is 0 Å². The van der Waals surface area contributed by atoms with E-state index in [2.05, 4.69) is 5.32 Å². The first-order valence-electron chi connectivity index (χ1n) is 8.37. The van der Waals surface area contributed by atoms with Crippen LogP contribution in [0.15, 0.2) is 18.2 Å². The standard InChI is InChI=1S/C18H24N2O3/c1-12(2)9-17(21)20-7-8-23-16-6-5-15(10-14(16)11-20)19-18(22)13-3-4-13/h5-6,10,12-13H,3-4,7-9,11H2,1-2H3,(H,19,22). The van der Waals surface area contributed by atoms with Crippen LogP contribution in [0.2, 0.25) is 0 Å². The minimum atomic E-state index is 0.0900. The van der Waals surface area contributed by atoms with Crippen molar-refractivity contribution in [2.24, 2.45) is 11.8 Å². The quantitative estimate of drug-likeness (QED) is 0.929. The summed E-state index contributed by atoms with van der Waals surface area (Å²) < 4.78 is 5.75. The Hall–Kier alpha value is -2.04. The first kappa shape index (κ1) is 15.8. The van der Waals surface area contributed by atoms with E-state index in [0.717, 1.165) is 29.8 Å². The number of benzene rings is 1. The molecule has 23 heavy (non-hydrogen) atoms. The Morgan fingerprint density at radius 2 is 2.13 bits per heavy atom. The highest BCUT2D eigenvalue weighted by molar-refractivity contribution is 5.94.